The van der Waals surface area contributed by atoms with Crippen molar-refractivity contribution in [3.8, 4) is 0 Å². The van der Waals surface area contributed by atoms with Gasteiger partial charge in [-0.3, -0.25) is 0 Å². The molecule has 0 bridgehead atoms. The van der Waals surface area contributed by atoms with E-state index in [-0.39, 0.29) is 5.38 Å². The lowest BCUT2D eigenvalue weighted by atomic mass is 9.92. The lowest BCUT2D eigenvalue weighted by Gasteiger charge is -2.20. The Bertz CT molecular complexity index is 319. The molecule has 1 aromatic rings. The maximum atomic E-state index is 6.60. The Hall–Kier alpha value is -0.490. The van der Waals surface area contributed by atoms with Gasteiger partial charge in [0.05, 0.1) is 5.38 Å². The van der Waals surface area contributed by atoms with Crippen molar-refractivity contribution in [3.05, 3.63) is 35.4 Å². The lowest BCUT2D eigenvalue weighted by Crippen LogP contribution is -2.06. The van der Waals surface area contributed by atoms with Crippen molar-refractivity contribution < 1.29 is 0 Å². The third-order valence-electron chi connectivity index (χ3n) is 3.45. The van der Waals surface area contributed by atoms with Crippen LogP contribution in [0.25, 0.3) is 0 Å². The van der Waals surface area contributed by atoms with Gasteiger partial charge in [0, 0.05) is 0 Å². The first-order chi connectivity index (χ1) is 7.33. The summed E-state index contributed by atoms with van der Waals surface area (Å²) >= 11 is 6.60. The average molecular weight is 223 g/mol. The van der Waals surface area contributed by atoms with E-state index in [9.17, 15) is 0 Å². The summed E-state index contributed by atoms with van der Waals surface area (Å²) in [5, 5.41) is 0.239. The molecule has 0 spiro atoms. The molecule has 0 N–H and O–H groups in total. The summed E-state index contributed by atoms with van der Waals surface area (Å²) in [5.74, 6) is 0.681. The first-order valence-corrected chi connectivity index (χ1v) is 6.48. The molecule has 15 heavy (non-hydrogen) atoms. The second-order valence-electron chi connectivity index (χ2n) is 4.54. The maximum absolute atomic E-state index is 6.60. The van der Waals surface area contributed by atoms with E-state index < -0.39 is 0 Å². The molecule has 2 unspecified atom stereocenters. The molecule has 0 aliphatic heterocycles. The number of halogens is 1. The lowest BCUT2D eigenvalue weighted by molar-refractivity contribution is 0.430. The van der Waals surface area contributed by atoms with Gasteiger partial charge in [-0.15, -0.1) is 11.6 Å². The molecule has 1 aliphatic carbocycles. The van der Waals surface area contributed by atoms with Crippen molar-refractivity contribution in [1.29, 1.82) is 0 Å². The van der Waals surface area contributed by atoms with Crippen molar-refractivity contribution in [2.24, 2.45) is 5.92 Å². The van der Waals surface area contributed by atoms with E-state index in [4.69, 9.17) is 11.6 Å². The van der Waals surface area contributed by atoms with Gasteiger partial charge >= 0.3 is 0 Å². The molecule has 0 radical (unpaired) electrons. The van der Waals surface area contributed by atoms with Crippen LogP contribution in [-0.4, -0.2) is 0 Å². The zero-order chi connectivity index (χ0) is 10.7. The molecule has 0 amide bonds. The van der Waals surface area contributed by atoms with Crippen molar-refractivity contribution >= 4 is 11.6 Å². The summed E-state index contributed by atoms with van der Waals surface area (Å²) in [5.41, 5.74) is 2.85. The van der Waals surface area contributed by atoms with Crippen LogP contribution < -0.4 is 0 Å². The van der Waals surface area contributed by atoms with E-state index in [0.717, 1.165) is 0 Å². The van der Waals surface area contributed by atoms with Crippen molar-refractivity contribution in [2.75, 3.05) is 0 Å². The minimum absolute atomic E-state index is 0.239. The zero-order valence-electron chi connectivity index (χ0n) is 9.38. The van der Waals surface area contributed by atoms with E-state index >= 15 is 0 Å². The molecular weight excluding hydrogens is 204 g/mol. The molecule has 1 aliphatic rings. The molecule has 0 nitrogen and oxygen atoms in total. The van der Waals surface area contributed by atoms with Crippen molar-refractivity contribution in [1.82, 2.24) is 0 Å². The van der Waals surface area contributed by atoms with Gasteiger partial charge in [-0.25, -0.2) is 0 Å². The van der Waals surface area contributed by atoms with Gasteiger partial charge in [-0.1, -0.05) is 37.6 Å². The SMILES string of the molecule is CCCC1CCCc2ccccc2C1Cl. The van der Waals surface area contributed by atoms with Gasteiger partial charge in [0.25, 0.3) is 0 Å². The average Bonchev–Trinajstić information content (AvgIpc) is 2.41. The van der Waals surface area contributed by atoms with Crippen molar-refractivity contribution in [3.63, 3.8) is 0 Å². The second-order valence-corrected chi connectivity index (χ2v) is 5.01. The van der Waals surface area contributed by atoms with Crippen molar-refractivity contribution in [2.45, 2.75) is 44.4 Å². The minimum Gasteiger partial charge on any atom is -0.118 e. The van der Waals surface area contributed by atoms with Crippen LogP contribution in [0.2, 0.25) is 0 Å². The van der Waals surface area contributed by atoms with Gasteiger partial charge in [0.2, 0.25) is 0 Å². The van der Waals surface area contributed by atoms with Crippen LogP contribution in [0.1, 0.15) is 49.1 Å². The Morgan fingerprint density at radius 3 is 2.93 bits per heavy atom. The van der Waals surface area contributed by atoms with Gasteiger partial charge in [-0.2, -0.15) is 0 Å². The number of rotatable bonds is 2. The summed E-state index contributed by atoms with van der Waals surface area (Å²) in [6, 6.07) is 8.69. The zero-order valence-corrected chi connectivity index (χ0v) is 10.1. The van der Waals surface area contributed by atoms with Crippen LogP contribution in [0.4, 0.5) is 0 Å². The highest BCUT2D eigenvalue weighted by Gasteiger charge is 2.24. The normalized spacial score (nSPS) is 25.7. The molecule has 1 heteroatoms. The Morgan fingerprint density at radius 1 is 1.33 bits per heavy atom. The standard InChI is InChI=1S/C14H19Cl/c1-2-6-12-9-5-8-11-7-3-4-10-13(11)14(12)15/h3-4,7,10,12,14H,2,5-6,8-9H2,1H3. The third kappa shape index (κ3) is 2.36. The first-order valence-electron chi connectivity index (χ1n) is 6.04. The molecular formula is C14H19Cl. The quantitative estimate of drug-likeness (QED) is 0.502. The molecule has 0 saturated heterocycles. The fourth-order valence-corrected chi connectivity index (χ4v) is 3.11. The van der Waals surface area contributed by atoms with E-state index in [0.29, 0.717) is 5.92 Å². The van der Waals surface area contributed by atoms with Gasteiger partial charge < -0.3 is 0 Å². The fourth-order valence-electron chi connectivity index (χ4n) is 2.65. The molecule has 0 heterocycles. The van der Waals surface area contributed by atoms with Crippen LogP contribution >= 0.6 is 11.6 Å². The highest BCUT2D eigenvalue weighted by Crippen LogP contribution is 2.39. The number of aryl methyl sites for hydroxylation is 1. The van der Waals surface area contributed by atoms with E-state index in [1.54, 1.807) is 0 Å². The third-order valence-corrected chi connectivity index (χ3v) is 4.04. The molecule has 0 aromatic heterocycles. The second kappa shape index (κ2) is 5.03. The van der Waals surface area contributed by atoms with Gasteiger partial charge in [0.15, 0.2) is 0 Å². The number of fused-ring (bicyclic) bond motifs is 1. The Morgan fingerprint density at radius 2 is 2.13 bits per heavy atom. The molecule has 0 saturated carbocycles. The Labute approximate surface area is 97.6 Å². The highest BCUT2D eigenvalue weighted by molar-refractivity contribution is 6.21. The molecule has 1 aromatic carbocycles. The number of benzene rings is 1. The van der Waals surface area contributed by atoms with E-state index in [1.165, 1.54) is 43.2 Å². The summed E-state index contributed by atoms with van der Waals surface area (Å²) in [7, 11) is 0. The van der Waals surface area contributed by atoms with Gasteiger partial charge in [0.1, 0.15) is 0 Å². The van der Waals surface area contributed by atoms with Crippen LogP contribution in [-0.2, 0) is 6.42 Å². The van der Waals surface area contributed by atoms with E-state index in [2.05, 4.69) is 31.2 Å². The molecule has 82 valence electrons. The minimum atomic E-state index is 0.239. The molecule has 0 fully saturated rings. The van der Waals surface area contributed by atoms with Crippen LogP contribution in [0.15, 0.2) is 24.3 Å². The molecule has 2 atom stereocenters. The van der Waals surface area contributed by atoms with Crippen LogP contribution in [0.3, 0.4) is 0 Å². The topological polar surface area (TPSA) is 0 Å². The number of hydrogen-bond acceptors (Lipinski definition) is 0. The first kappa shape index (κ1) is 11.0. The van der Waals surface area contributed by atoms with Crippen LogP contribution in [0, 0.1) is 5.92 Å². The summed E-state index contributed by atoms with van der Waals surface area (Å²) in [6.07, 6.45) is 6.31. The number of alkyl halides is 1. The summed E-state index contributed by atoms with van der Waals surface area (Å²) in [4.78, 5) is 0. The summed E-state index contributed by atoms with van der Waals surface area (Å²) < 4.78 is 0. The van der Waals surface area contributed by atoms with Gasteiger partial charge in [-0.05, 0) is 42.7 Å². The maximum Gasteiger partial charge on any atom is 0.0616 e. The smallest absolute Gasteiger partial charge is 0.0616 e. The Balaban J connectivity index is 2.26. The fraction of sp³-hybridized carbons (Fsp3) is 0.571. The Kier molecular flexibility index (Phi) is 3.69. The molecule has 2 rings (SSSR count). The summed E-state index contributed by atoms with van der Waals surface area (Å²) in [6.45, 7) is 2.25. The predicted octanol–water partition coefficient (Wildman–Crippen LogP) is 4.72. The largest absolute Gasteiger partial charge is 0.118 e. The predicted molar refractivity (Wildman–Crippen MR) is 66.4 cm³/mol. The number of hydrogen-bond donors (Lipinski definition) is 0. The highest BCUT2D eigenvalue weighted by atomic mass is 35.5. The monoisotopic (exact) mass is 222 g/mol. The van der Waals surface area contributed by atoms with Crippen LogP contribution in [0.5, 0.6) is 0 Å². The van der Waals surface area contributed by atoms with E-state index in [1.807, 2.05) is 0 Å².